The topological polar surface area (TPSA) is 82.0 Å². The predicted octanol–water partition coefficient (Wildman–Crippen LogP) is 7.45. The largest absolute Gasteiger partial charge is 0.322 e. The molecule has 184 valence electrons. The lowest BCUT2D eigenvalue weighted by Crippen LogP contribution is -2.24. The summed E-state index contributed by atoms with van der Waals surface area (Å²) in [5.41, 5.74) is 3.82. The summed E-state index contributed by atoms with van der Waals surface area (Å²) in [5, 5.41) is 17.7. The highest BCUT2D eigenvalue weighted by Gasteiger charge is 2.22. The summed E-state index contributed by atoms with van der Waals surface area (Å²) >= 11 is 2.78. The van der Waals surface area contributed by atoms with E-state index in [1.54, 1.807) is 6.08 Å². The van der Waals surface area contributed by atoms with Crippen LogP contribution >= 0.6 is 23.1 Å². The van der Waals surface area contributed by atoms with E-state index >= 15 is 0 Å². The number of rotatable bonds is 9. The molecule has 0 aliphatic rings. The summed E-state index contributed by atoms with van der Waals surface area (Å²) in [4.78, 5) is 26.4. The van der Waals surface area contributed by atoms with Crippen molar-refractivity contribution < 1.29 is 9.59 Å². The average Bonchev–Trinajstić information content (AvgIpc) is 3.34. The molecule has 3 aromatic carbocycles. The van der Waals surface area contributed by atoms with E-state index in [0.717, 1.165) is 21.6 Å². The molecule has 0 saturated carbocycles. The molecule has 0 fully saturated rings. The Kier molecular flexibility index (Phi) is 8.93. The lowest BCUT2D eigenvalue weighted by molar-refractivity contribution is -0.115. The molecule has 37 heavy (non-hydrogen) atoms. The lowest BCUT2D eigenvalue weighted by Gasteiger charge is -2.15. The van der Waals surface area contributed by atoms with Crippen molar-refractivity contribution in [2.45, 2.75) is 23.5 Å². The Labute approximate surface area is 224 Å². The molecule has 4 aromatic rings. The van der Waals surface area contributed by atoms with Crippen molar-refractivity contribution in [1.29, 1.82) is 5.26 Å². The number of carbonyl (C=O) groups is 2. The van der Waals surface area contributed by atoms with Gasteiger partial charge in [-0.2, -0.15) is 5.26 Å². The third kappa shape index (κ3) is 6.98. The fourth-order valence-electron chi connectivity index (χ4n) is 3.64. The highest BCUT2D eigenvalue weighted by molar-refractivity contribution is 8.00. The molecule has 0 aliphatic heterocycles. The lowest BCUT2D eigenvalue weighted by atomic mass is 10.1. The smallest absolute Gasteiger partial charge is 0.248 e. The molecule has 0 aliphatic carbocycles. The van der Waals surface area contributed by atoms with Gasteiger partial charge in [0.15, 0.2) is 0 Å². The van der Waals surface area contributed by atoms with Gasteiger partial charge < -0.3 is 10.6 Å². The molecule has 0 radical (unpaired) electrons. The van der Waals surface area contributed by atoms with Crippen molar-refractivity contribution in [3.05, 3.63) is 108 Å². The highest BCUT2D eigenvalue weighted by Crippen LogP contribution is 2.36. The van der Waals surface area contributed by atoms with Crippen LogP contribution < -0.4 is 10.6 Å². The fraction of sp³-hybridized carbons (Fsp3) is 0.100. The van der Waals surface area contributed by atoms with Gasteiger partial charge in [0.1, 0.15) is 11.1 Å². The van der Waals surface area contributed by atoms with Crippen LogP contribution in [0.3, 0.4) is 0 Å². The normalized spacial score (nSPS) is 11.6. The van der Waals surface area contributed by atoms with Crippen LogP contribution in [0.5, 0.6) is 0 Å². The van der Waals surface area contributed by atoms with Gasteiger partial charge >= 0.3 is 0 Å². The van der Waals surface area contributed by atoms with Gasteiger partial charge in [-0.3, -0.25) is 9.59 Å². The van der Waals surface area contributed by atoms with E-state index < -0.39 is 0 Å². The SMILES string of the molecule is CCC(Sc1cccc(NC(=O)/C=C/c2ccccc2)c1)C(=O)Nc1scc(-c2ccccc2)c1C#N. The molecule has 0 saturated heterocycles. The van der Waals surface area contributed by atoms with Crippen LogP contribution in [-0.2, 0) is 9.59 Å². The van der Waals surface area contributed by atoms with Gasteiger partial charge in [0.05, 0.1) is 10.8 Å². The van der Waals surface area contributed by atoms with Crippen LogP contribution in [0.25, 0.3) is 17.2 Å². The predicted molar refractivity (Wildman–Crippen MR) is 154 cm³/mol. The molecule has 4 rings (SSSR count). The van der Waals surface area contributed by atoms with Crippen molar-refractivity contribution in [3.63, 3.8) is 0 Å². The van der Waals surface area contributed by atoms with Crippen LogP contribution in [0.15, 0.2) is 101 Å². The molecule has 1 unspecified atom stereocenters. The number of carbonyl (C=O) groups excluding carboxylic acids is 2. The Balaban J connectivity index is 1.41. The number of nitrogens with one attached hydrogen (secondary N) is 2. The van der Waals surface area contributed by atoms with Crippen molar-refractivity contribution in [1.82, 2.24) is 0 Å². The molecule has 1 heterocycles. The third-order valence-corrected chi connectivity index (χ3v) is 7.75. The number of nitrogens with zero attached hydrogens (tertiary/aromatic N) is 1. The first-order chi connectivity index (χ1) is 18.1. The zero-order valence-electron chi connectivity index (χ0n) is 20.2. The standard InChI is InChI=1S/C30H25N3O2S2/c1-2-27(29(35)33-30-25(19-31)26(20-36-30)22-12-7-4-8-13-22)37-24-15-9-14-23(18-24)32-28(34)17-16-21-10-5-3-6-11-21/h3-18,20,27H,2H2,1H3,(H,32,34)(H,33,35)/b17-16+. The number of anilines is 2. The van der Waals surface area contributed by atoms with Gasteiger partial charge in [0.2, 0.25) is 11.8 Å². The van der Waals surface area contributed by atoms with E-state index in [0.29, 0.717) is 22.7 Å². The van der Waals surface area contributed by atoms with Gasteiger partial charge in [-0.05, 0) is 41.8 Å². The van der Waals surface area contributed by atoms with E-state index in [1.165, 1.54) is 29.2 Å². The molecule has 1 atom stereocenters. The summed E-state index contributed by atoms with van der Waals surface area (Å²) in [6.45, 7) is 1.95. The summed E-state index contributed by atoms with van der Waals surface area (Å²) in [7, 11) is 0. The molecule has 1 aromatic heterocycles. The maximum Gasteiger partial charge on any atom is 0.248 e. The third-order valence-electron chi connectivity index (χ3n) is 5.49. The summed E-state index contributed by atoms with van der Waals surface area (Å²) in [6.07, 6.45) is 3.86. The number of hydrogen-bond acceptors (Lipinski definition) is 5. The second-order valence-electron chi connectivity index (χ2n) is 8.10. The summed E-state index contributed by atoms with van der Waals surface area (Å²) < 4.78 is 0. The van der Waals surface area contributed by atoms with Crippen LogP contribution in [0.2, 0.25) is 0 Å². The first-order valence-electron chi connectivity index (χ1n) is 11.8. The number of thioether (sulfide) groups is 1. The quantitative estimate of drug-likeness (QED) is 0.176. The van der Waals surface area contributed by atoms with E-state index in [9.17, 15) is 14.9 Å². The molecule has 0 spiro atoms. The summed E-state index contributed by atoms with van der Waals surface area (Å²) in [5.74, 6) is -0.391. The van der Waals surface area contributed by atoms with Crippen molar-refractivity contribution >= 4 is 51.7 Å². The van der Waals surface area contributed by atoms with Crippen LogP contribution in [-0.4, -0.2) is 17.1 Å². The van der Waals surface area contributed by atoms with Crippen molar-refractivity contribution in [3.8, 4) is 17.2 Å². The van der Waals surface area contributed by atoms with E-state index in [-0.39, 0.29) is 17.1 Å². The highest BCUT2D eigenvalue weighted by atomic mass is 32.2. The minimum absolute atomic E-state index is 0.161. The Morgan fingerprint density at radius 3 is 2.43 bits per heavy atom. The average molecular weight is 524 g/mol. The molecule has 5 nitrogen and oxygen atoms in total. The maximum atomic E-state index is 13.1. The Hall–Kier alpha value is -4.12. The molecule has 7 heteroatoms. The zero-order chi connectivity index (χ0) is 26.0. The van der Waals surface area contributed by atoms with Crippen molar-refractivity contribution in [2.75, 3.05) is 10.6 Å². The molecular formula is C30H25N3O2S2. The minimum Gasteiger partial charge on any atom is -0.322 e. The maximum absolute atomic E-state index is 13.1. The fourth-order valence-corrected chi connectivity index (χ4v) is 5.57. The van der Waals surface area contributed by atoms with Gasteiger partial charge in [-0.15, -0.1) is 23.1 Å². The minimum atomic E-state index is -0.363. The second-order valence-corrected chi connectivity index (χ2v) is 10.3. The number of benzene rings is 3. The van der Waals surface area contributed by atoms with Gasteiger partial charge in [0, 0.05) is 27.6 Å². The number of hydrogen-bond donors (Lipinski definition) is 2. The van der Waals surface area contributed by atoms with Crippen LogP contribution in [0.1, 0.15) is 24.5 Å². The Morgan fingerprint density at radius 1 is 1.00 bits per heavy atom. The van der Waals surface area contributed by atoms with Crippen molar-refractivity contribution in [2.24, 2.45) is 0 Å². The first-order valence-corrected chi connectivity index (χ1v) is 13.5. The molecular weight excluding hydrogens is 498 g/mol. The molecule has 2 amide bonds. The Bertz CT molecular complexity index is 1440. The monoisotopic (exact) mass is 523 g/mol. The Morgan fingerprint density at radius 2 is 1.73 bits per heavy atom. The molecule has 2 N–H and O–H groups in total. The van der Waals surface area contributed by atoms with Crippen LogP contribution in [0.4, 0.5) is 10.7 Å². The number of thiophene rings is 1. The van der Waals surface area contributed by atoms with E-state index in [2.05, 4.69) is 16.7 Å². The zero-order valence-corrected chi connectivity index (χ0v) is 21.8. The van der Waals surface area contributed by atoms with E-state index in [1.807, 2.05) is 97.2 Å². The molecule has 0 bridgehead atoms. The second kappa shape index (κ2) is 12.7. The number of nitriles is 1. The number of amides is 2. The van der Waals surface area contributed by atoms with Crippen LogP contribution in [0, 0.1) is 11.3 Å². The van der Waals surface area contributed by atoms with E-state index in [4.69, 9.17) is 0 Å². The van der Waals surface area contributed by atoms with Gasteiger partial charge in [-0.25, -0.2) is 0 Å². The van der Waals surface area contributed by atoms with Gasteiger partial charge in [0.25, 0.3) is 0 Å². The van der Waals surface area contributed by atoms with Gasteiger partial charge in [-0.1, -0.05) is 73.7 Å². The first kappa shape index (κ1) is 26.0. The summed E-state index contributed by atoms with van der Waals surface area (Å²) in [6, 6.07) is 29.0.